The maximum absolute atomic E-state index is 11.1. The number of rotatable bonds is 2. The van der Waals surface area contributed by atoms with Crippen molar-refractivity contribution in [2.45, 2.75) is 12.8 Å². The monoisotopic (exact) mass is 261 g/mol. The normalized spacial score (nSPS) is 19.8. The van der Waals surface area contributed by atoms with Crippen molar-refractivity contribution in [3.05, 3.63) is 12.5 Å². The Morgan fingerprint density at radius 3 is 3.11 bits per heavy atom. The molecule has 3 heterocycles. The predicted molar refractivity (Wildman–Crippen MR) is 68.9 cm³/mol. The molecule has 0 radical (unpaired) electrons. The second-order valence-electron chi connectivity index (χ2n) is 4.83. The van der Waals surface area contributed by atoms with Crippen molar-refractivity contribution in [1.29, 1.82) is 0 Å². The molecular weight excluding hydrogens is 246 g/mol. The predicted octanol–water partition coefficient (Wildman–Crippen LogP) is 0.664. The molecule has 0 bridgehead atoms. The molecule has 1 aliphatic rings. The molecule has 0 aromatic carbocycles. The number of aromatic nitrogens is 4. The first kappa shape index (κ1) is 11.9. The lowest BCUT2D eigenvalue weighted by molar-refractivity contribution is -0.141. The van der Waals surface area contributed by atoms with E-state index in [0.29, 0.717) is 6.54 Å². The number of aliphatic carboxylic acids is 1. The molecule has 0 aliphatic carbocycles. The number of piperidine rings is 1. The summed E-state index contributed by atoms with van der Waals surface area (Å²) in [6.07, 6.45) is 4.83. The molecule has 1 aliphatic heterocycles. The third-order valence-corrected chi connectivity index (χ3v) is 3.58. The van der Waals surface area contributed by atoms with Crippen LogP contribution in [0.25, 0.3) is 11.0 Å². The van der Waals surface area contributed by atoms with E-state index in [1.54, 1.807) is 10.9 Å². The topological polar surface area (TPSA) is 84.1 Å². The van der Waals surface area contributed by atoms with Gasteiger partial charge in [-0.1, -0.05) is 0 Å². The maximum Gasteiger partial charge on any atom is 0.308 e. The molecule has 100 valence electrons. The summed E-state index contributed by atoms with van der Waals surface area (Å²) in [7, 11) is 1.83. The second kappa shape index (κ2) is 4.49. The Balaban J connectivity index is 1.97. The SMILES string of the molecule is Cn1ncc2c(N3CCCC(C(=O)O)C3)ncnc21. The fourth-order valence-corrected chi connectivity index (χ4v) is 2.57. The summed E-state index contributed by atoms with van der Waals surface area (Å²) in [4.78, 5) is 21.6. The molecule has 0 amide bonds. The van der Waals surface area contributed by atoms with Gasteiger partial charge in [-0.15, -0.1) is 0 Å². The lowest BCUT2D eigenvalue weighted by atomic mass is 9.98. The minimum atomic E-state index is -0.735. The summed E-state index contributed by atoms with van der Waals surface area (Å²) < 4.78 is 1.69. The van der Waals surface area contributed by atoms with Crippen molar-refractivity contribution < 1.29 is 9.90 Å². The zero-order chi connectivity index (χ0) is 13.4. The number of hydrogen-bond donors (Lipinski definition) is 1. The van der Waals surface area contributed by atoms with Gasteiger partial charge in [0.25, 0.3) is 0 Å². The highest BCUT2D eigenvalue weighted by Gasteiger charge is 2.27. The number of nitrogens with zero attached hydrogens (tertiary/aromatic N) is 5. The van der Waals surface area contributed by atoms with Gasteiger partial charge in [-0.25, -0.2) is 9.97 Å². The van der Waals surface area contributed by atoms with E-state index in [4.69, 9.17) is 5.11 Å². The van der Waals surface area contributed by atoms with Crippen molar-refractivity contribution in [2.24, 2.45) is 13.0 Å². The molecule has 2 aromatic rings. The molecule has 0 saturated carbocycles. The lowest BCUT2D eigenvalue weighted by Crippen LogP contribution is -2.39. The molecule has 1 atom stereocenters. The summed E-state index contributed by atoms with van der Waals surface area (Å²) in [5.41, 5.74) is 0.766. The Hall–Kier alpha value is -2.18. The number of fused-ring (bicyclic) bond motifs is 1. The first-order chi connectivity index (χ1) is 9.16. The fourth-order valence-electron chi connectivity index (χ4n) is 2.57. The van der Waals surface area contributed by atoms with Crippen LogP contribution in [0.15, 0.2) is 12.5 Å². The molecule has 1 N–H and O–H groups in total. The molecule has 1 unspecified atom stereocenters. The fraction of sp³-hybridized carbons (Fsp3) is 0.500. The highest BCUT2D eigenvalue weighted by atomic mass is 16.4. The van der Waals surface area contributed by atoms with E-state index < -0.39 is 5.97 Å². The Morgan fingerprint density at radius 2 is 2.32 bits per heavy atom. The van der Waals surface area contributed by atoms with Gasteiger partial charge in [0.15, 0.2) is 5.65 Å². The van der Waals surface area contributed by atoms with Gasteiger partial charge in [0, 0.05) is 20.1 Å². The van der Waals surface area contributed by atoms with Crippen LogP contribution in [0.4, 0.5) is 5.82 Å². The van der Waals surface area contributed by atoms with Crippen LogP contribution in [0, 0.1) is 5.92 Å². The zero-order valence-corrected chi connectivity index (χ0v) is 10.7. The van der Waals surface area contributed by atoms with Crippen molar-refractivity contribution in [3.63, 3.8) is 0 Å². The van der Waals surface area contributed by atoms with Crippen molar-refractivity contribution in [2.75, 3.05) is 18.0 Å². The van der Waals surface area contributed by atoms with E-state index in [2.05, 4.69) is 15.1 Å². The van der Waals surface area contributed by atoms with Crippen LogP contribution in [-0.2, 0) is 11.8 Å². The smallest absolute Gasteiger partial charge is 0.308 e. The minimum absolute atomic E-state index is 0.324. The van der Waals surface area contributed by atoms with Crippen LogP contribution < -0.4 is 4.90 Å². The number of aryl methyl sites for hydroxylation is 1. The van der Waals surface area contributed by atoms with Gasteiger partial charge in [-0.05, 0) is 12.8 Å². The van der Waals surface area contributed by atoms with Gasteiger partial charge in [-0.3, -0.25) is 9.48 Å². The zero-order valence-electron chi connectivity index (χ0n) is 10.7. The van der Waals surface area contributed by atoms with Crippen molar-refractivity contribution >= 4 is 22.8 Å². The largest absolute Gasteiger partial charge is 0.481 e. The van der Waals surface area contributed by atoms with Crippen LogP contribution in [0.1, 0.15) is 12.8 Å². The van der Waals surface area contributed by atoms with Gasteiger partial charge < -0.3 is 10.0 Å². The molecule has 2 aromatic heterocycles. The molecule has 0 spiro atoms. The van der Waals surface area contributed by atoms with Crippen LogP contribution in [0.5, 0.6) is 0 Å². The Labute approximate surface area is 109 Å². The molecular formula is C12H15N5O2. The molecule has 19 heavy (non-hydrogen) atoms. The van der Waals surface area contributed by atoms with Crippen LogP contribution in [0.3, 0.4) is 0 Å². The van der Waals surface area contributed by atoms with Gasteiger partial charge >= 0.3 is 5.97 Å². The van der Waals surface area contributed by atoms with E-state index in [0.717, 1.165) is 36.2 Å². The second-order valence-corrected chi connectivity index (χ2v) is 4.83. The number of carbonyl (C=O) groups is 1. The number of carboxylic acids is 1. The first-order valence-electron chi connectivity index (χ1n) is 6.27. The Morgan fingerprint density at radius 1 is 1.47 bits per heavy atom. The molecule has 7 heteroatoms. The Bertz CT molecular complexity index is 624. The van der Waals surface area contributed by atoms with Gasteiger partial charge in [0.05, 0.1) is 17.5 Å². The summed E-state index contributed by atoms with van der Waals surface area (Å²) in [5, 5.41) is 14.2. The van der Waals surface area contributed by atoms with E-state index in [1.165, 1.54) is 6.33 Å². The van der Waals surface area contributed by atoms with Crippen LogP contribution in [-0.4, -0.2) is 43.9 Å². The molecule has 7 nitrogen and oxygen atoms in total. The first-order valence-corrected chi connectivity index (χ1v) is 6.27. The Kier molecular flexibility index (Phi) is 2.81. The standard InChI is InChI=1S/C12H15N5O2/c1-16-10-9(5-15-16)11(14-7-13-10)17-4-2-3-8(6-17)12(18)19/h5,7-8H,2-4,6H2,1H3,(H,18,19). The summed E-state index contributed by atoms with van der Waals surface area (Å²) in [6, 6.07) is 0. The van der Waals surface area contributed by atoms with Crippen LogP contribution in [0.2, 0.25) is 0 Å². The number of anilines is 1. The van der Waals surface area contributed by atoms with Gasteiger partial charge in [0.1, 0.15) is 12.1 Å². The van der Waals surface area contributed by atoms with E-state index in [9.17, 15) is 4.79 Å². The maximum atomic E-state index is 11.1. The average molecular weight is 261 g/mol. The van der Waals surface area contributed by atoms with E-state index in [1.807, 2.05) is 11.9 Å². The molecule has 3 rings (SSSR count). The molecule has 1 fully saturated rings. The number of hydrogen-bond acceptors (Lipinski definition) is 5. The van der Waals surface area contributed by atoms with Crippen molar-refractivity contribution in [3.8, 4) is 0 Å². The van der Waals surface area contributed by atoms with Crippen LogP contribution >= 0.6 is 0 Å². The summed E-state index contributed by atoms with van der Waals surface area (Å²) in [5.74, 6) is -0.277. The number of carboxylic acid groups (broad SMARTS) is 1. The van der Waals surface area contributed by atoms with Crippen molar-refractivity contribution in [1.82, 2.24) is 19.7 Å². The minimum Gasteiger partial charge on any atom is -0.481 e. The summed E-state index contributed by atoms with van der Waals surface area (Å²) in [6.45, 7) is 1.32. The highest BCUT2D eigenvalue weighted by molar-refractivity contribution is 5.87. The third kappa shape index (κ3) is 2.00. The van der Waals surface area contributed by atoms with Gasteiger partial charge in [-0.2, -0.15) is 5.10 Å². The average Bonchev–Trinajstić information content (AvgIpc) is 2.81. The van der Waals surface area contributed by atoms with E-state index >= 15 is 0 Å². The highest BCUT2D eigenvalue weighted by Crippen LogP contribution is 2.27. The third-order valence-electron chi connectivity index (χ3n) is 3.58. The van der Waals surface area contributed by atoms with Gasteiger partial charge in [0.2, 0.25) is 0 Å². The summed E-state index contributed by atoms with van der Waals surface area (Å²) >= 11 is 0. The lowest BCUT2D eigenvalue weighted by Gasteiger charge is -2.31. The quantitative estimate of drug-likeness (QED) is 0.855. The van der Waals surface area contributed by atoms with E-state index in [-0.39, 0.29) is 5.92 Å². The molecule has 1 saturated heterocycles.